The van der Waals surface area contributed by atoms with Gasteiger partial charge in [0.25, 0.3) is 0 Å². The topological polar surface area (TPSA) is 38.8 Å². The van der Waals surface area contributed by atoms with Gasteiger partial charge in [-0.2, -0.15) is 5.06 Å². The Labute approximate surface area is 85.1 Å². The van der Waals surface area contributed by atoms with Crippen molar-refractivity contribution in [2.75, 3.05) is 26.8 Å². The zero-order chi connectivity index (χ0) is 10.4. The molecule has 4 nitrogen and oxygen atoms in total. The van der Waals surface area contributed by atoms with E-state index in [1.54, 1.807) is 7.11 Å². The van der Waals surface area contributed by atoms with Gasteiger partial charge in [-0.05, 0) is 25.7 Å². The number of carbonyl (C=O) groups is 1. The zero-order valence-corrected chi connectivity index (χ0v) is 8.99. The Morgan fingerprint density at radius 2 is 2.07 bits per heavy atom. The van der Waals surface area contributed by atoms with Gasteiger partial charge in [0.05, 0.1) is 13.7 Å². The van der Waals surface area contributed by atoms with Gasteiger partial charge in [-0.15, -0.1) is 0 Å². The third-order valence-electron chi connectivity index (χ3n) is 2.59. The van der Waals surface area contributed by atoms with Crippen molar-refractivity contribution < 1.29 is 14.4 Å². The zero-order valence-electron chi connectivity index (χ0n) is 8.99. The summed E-state index contributed by atoms with van der Waals surface area (Å²) < 4.78 is 4.91. The van der Waals surface area contributed by atoms with Gasteiger partial charge in [-0.25, -0.2) is 0 Å². The molecular weight excluding hydrogens is 182 g/mol. The Morgan fingerprint density at radius 3 is 2.57 bits per heavy atom. The third-order valence-corrected chi connectivity index (χ3v) is 2.59. The van der Waals surface area contributed by atoms with Crippen LogP contribution >= 0.6 is 0 Å². The van der Waals surface area contributed by atoms with Crippen molar-refractivity contribution in [3.05, 3.63) is 0 Å². The molecular formula is C10H19NO3. The molecule has 0 spiro atoms. The van der Waals surface area contributed by atoms with Crippen molar-refractivity contribution in [3.63, 3.8) is 0 Å². The molecule has 1 fully saturated rings. The minimum atomic E-state index is -0.0663. The highest BCUT2D eigenvalue weighted by Crippen LogP contribution is 2.20. The van der Waals surface area contributed by atoms with Crippen LogP contribution in [0.5, 0.6) is 0 Å². The van der Waals surface area contributed by atoms with E-state index in [0.29, 0.717) is 18.9 Å². The number of hydroxylamine groups is 2. The largest absolute Gasteiger partial charge is 0.466 e. The molecule has 1 aliphatic heterocycles. The second-order valence-corrected chi connectivity index (χ2v) is 3.56. The number of hydrogen-bond donors (Lipinski definition) is 0. The highest BCUT2D eigenvalue weighted by molar-refractivity contribution is 5.69. The number of esters is 1. The molecule has 1 saturated heterocycles. The molecule has 0 aliphatic carbocycles. The average molecular weight is 201 g/mol. The number of rotatable bonds is 4. The lowest BCUT2D eigenvalue weighted by Gasteiger charge is -2.29. The smallest absolute Gasteiger partial charge is 0.306 e. The molecule has 82 valence electrons. The van der Waals surface area contributed by atoms with Crippen LogP contribution in [-0.2, 0) is 14.4 Å². The summed E-state index contributed by atoms with van der Waals surface area (Å²) in [7, 11) is 1.69. The number of carbonyl (C=O) groups excluding carboxylic acids is 1. The first kappa shape index (κ1) is 11.5. The van der Waals surface area contributed by atoms with Gasteiger partial charge < -0.3 is 9.57 Å². The fourth-order valence-electron chi connectivity index (χ4n) is 1.75. The number of nitrogens with zero attached hydrogens (tertiary/aromatic N) is 1. The molecule has 4 heteroatoms. The molecule has 1 rings (SSSR count). The predicted molar refractivity (Wildman–Crippen MR) is 52.6 cm³/mol. The third kappa shape index (κ3) is 3.64. The van der Waals surface area contributed by atoms with Crippen LogP contribution in [0.2, 0.25) is 0 Å². The summed E-state index contributed by atoms with van der Waals surface area (Å²) in [6.45, 7) is 4.16. The van der Waals surface area contributed by atoms with Crippen LogP contribution in [0, 0.1) is 5.92 Å². The van der Waals surface area contributed by atoms with Crippen molar-refractivity contribution in [3.8, 4) is 0 Å². The Kier molecular flexibility index (Phi) is 4.90. The first-order valence-electron chi connectivity index (χ1n) is 5.21. The Morgan fingerprint density at radius 1 is 1.43 bits per heavy atom. The summed E-state index contributed by atoms with van der Waals surface area (Å²) in [5.74, 6) is 0.406. The molecule has 0 aromatic heterocycles. The fraction of sp³-hybridized carbons (Fsp3) is 0.900. The Hall–Kier alpha value is -0.610. The van der Waals surface area contributed by atoms with E-state index in [9.17, 15) is 4.79 Å². The van der Waals surface area contributed by atoms with Gasteiger partial charge in [0.1, 0.15) is 0 Å². The van der Waals surface area contributed by atoms with Crippen LogP contribution in [0.4, 0.5) is 0 Å². The lowest BCUT2D eigenvalue weighted by molar-refractivity contribution is -0.155. The van der Waals surface area contributed by atoms with Crippen LogP contribution in [0.3, 0.4) is 0 Å². The average Bonchev–Trinajstić information content (AvgIpc) is 2.19. The summed E-state index contributed by atoms with van der Waals surface area (Å²) in [5.41, 5.74) is 0. The number of hydrogen-bond acceptors (Lipinski definition) is 4. The van der Waals surface area contributed by atoms with Crippen molar-refractivity contribution in [1.29, 1.82) is 0 Å². The van der Waals surface area contributed by atoms with E-state index in [4.69, 9.17) is 9.57 Å². The highest BCUT2D eigenvalue weighted by Gasteiger charge is 2.21. The van der Waals surface area contributed by atoms with Crippen LogP contribution in [0.15, 0.2) is 0 Å². The Balaban J connectivity index is 2.18. The van der Waals surface area contributed by atoms with Crippen LogP contribution in [-0.4, -0.2) is 37.8 Å². The summed E-state index contributed by atoms with van der Waals surface area (Å²) in [6.07, 6.45) is 2.60. The van der Waals surface area contributed by atoms with E-state index in [-0.39, 0.29) is 5.97 Å². The van der Waals surface area contributed by atoms with Gasteiger partial charge in [0.2, 0.25) is 0 Å². The van der Waals surface area contributed by atoms with Crippen molar-refractivity contribution >= 4 is 5.97 Å². The predicted octanol–water partition coefficient (Wildman–Crippen LogP) is 1.21. The van der Waals surface area contributed by atoms with E-state index >= 15 is 0 Å². The quantitative estimate of drug-likeness (QED) is 0.641. The van der Waals surface area contributed by atoms with Gasteiger partial charge >= 0.3 is 5.97 Å². The maximum atomic E-state index is 11.2. The van der Waals surface area contributed by atoms with Gasteiger partial charge in [-0.3, -0.25) is 4.79 Å². The van der Waals surface area contributed by atoms with Gasteiger partial charge in [-0.1, -0.05) is 0 Å². The number of piperidine rings is 1. The van der Waals surface area contributed by atoms with Crippen molar-refractivity contribution in [1.82, 2.24) is 5.06 Å². The normalized spacial score (nSPS) is 19.6. The minimum Gasteiger partial charge on any atom is -0.466 e. The summed E-state index contributed by atoms with van der Waals surface area (Å²) in [6, 6.07) is 0. The maximum absolute atomic E-state index is 11.2. The first-order chi connectivity index (χ1) is 6.76. The van der Waals surface area contributed by atoms with Gasteiger partial charge in [0.15, 0.2) is 0 Å². The van der Waals surface area contributed by atoms with Crippen LogP contribution in [0.1, 0.15) is 26.2 Å². The SMILES string of the molecule is CCOC(=O)CC1CCN(OC)CC1. The molecule has 1 heterocycles. The van der Waals surface area contributed by atoms with Crippen molar-refractivity contribution in [2.45, 2.75) is 26.2 Å². The molecule has 0 N–H and O–H groups in total. The molecule has 0 aromatic rings. The second-order valence-electron chi connectivity index (χ2n) is 3.56. The summed E-state index contributed by atoms with van der Waals surface area (Å²) in [4.78, 5) is 16.3. The van der Waals surface area contributed by atoms with Crippen LogP contribution < -0.4 is 0 Å². The van der Waals surface area contributed by atoms with E-state index in [1.165, 1.54) is 0 Å². The Bertz CT molecular complexity index is 176. The molecule has 1 aliphatic rings. The van der Waals surface area contributed by atoms with Gasteiger partial charge in [0, 0.05) is 19.5 Å². The lowest BCUT2D eigenvalue weighted by atomic mass is 9.94. The molecule has 0 aromatic carbocycles. The first-order valence-corrected chi connectivity index (χ1v) is 5.21. The number of ether oxygens (including phenoxy) is 1. The standard InChI is InChI=1S/C10H19NO3/c1-3-14-10(12)8-9-4-6-11(13-2)7-5-9/h9H,3-8H2,1-2H3. The molecule has 0 unspecified atom stereocenters. The van der Waals surface area contributed by atoms with E-state index in [2.05, 4.69) is 0 Å². The maximum Gasteiger partial charge on any atom is 0.306 e. The van der Waals surface area contributed by atoms with E-state index < -0.39 is 0 Å². The van der Waals surface area contributed by atoms with E-state index in [1.807, 2.05) is 12.0 Å². The second kappa shape index (κ2) is 5.98. The molecule has 0 radical (unpaired) electrons. The molecule has 0 atom stereocenters. The minimum absolute atomic E-state index is 0.0663. The molecule has 0 saturated carbocycles. The molecule has 0 bridgehead atoms. The fourth-order valence-corrected chi connectivity index (χ4v) is 1.75. The summed E-state index contributed by atoms with van der Waals surface area (Å²) >= 11 is 0. The molecule has 0 amide bonds. The summed E-state index contributed by atoms with van der Waals surface area (Å²) in [5, 5.41) is 1.93. The molecule has 14 heavy (non-hydrogen) atoms. The lowest BCUT2D eigenvalue weighted by Crippen LogP contribution is -2.33. The van der Waals surface area contributed by atoms with Crippen LogP contribution in [0.25, 0.3) is 0 Å². The van der Waals surface area contributed by atoms with E-state index in [0.717, 1.165) is 25.9 Å². The monoisotopic (exact) mass is 201 g/mol. The highest BCUT2D eigenvalue weighted by atomic mass is 16.7. The van der Waals surface area contributed by atoms with Crippen molar-refractivity contribution in [2.24, 2.45) is 5.92 Å².